The molecule has 0 aromatic carbocycles. The third kappa shape index (κ3) is 4.15. The van der Waals surface area contributed by atoms with Crippen molar-refractivity contribution >= 4 is 23.6 Å². The monoisotopic (exact) mass is 310 g/mol. The van der Waals surface area contributed by atoms with Crippen LogP contribution in [0.25, 0.3) is 0 Å². The van der Waals surface area contributed by atoms with Gasteiger partial charge in [0.05, 0.1) is 12.2 Å². The molecule has 2 heterocycles. The molecule has 6 heteroatoms. The van der Waals surface area contributed by atoms with E-state index < -0.39 is 0 Å². The van der Waals surface area contributed by atoms with Crippen molar-refractivity contribution in [3.63, 3.8) is 0 Å². The first kappa shape index (κ1) is 16.2. The summed E-state index contributed by atoms with van der Waals surface area (Å²) < 4.78 is 1.91. The molecule has 2 amide bonds. The maximum absolute atomic E-state index is 12.4. The maximum atomic E-state index is 12.4. The molecular formula is C15H26N4OS. The lowest BCUT2D eigenvalue weighted by atomic mass is 10.1. The smallest absolute Gasteiger partial charge is 0.322 e. The highest BCUT2D eigenvalue weighted by atomic mass is 32.2. The van der Waals surface area contributed by atoms with E-state index >= 15 is 0 Å². The lowest BCUT2D eigenvalue weighted by Crippen LogP contribution is -2.42. The van der Waals surface area contributed by atoms with E-state index in [2.05, 4.69) is 24.3 Å². The van der Waals surface area contributed by atoms with E-state index in [1.54, 1.807) is 6.20 Å². The van der Waals surface area contributed by atoms with Crippen LogP contribution in [-0.4, -0.2) is 45.3 Å². The predicted molar refractivity (Wildman–Crippen MR) is 89.0 cm³/mol. The molecule has 1 aliphatic heterocycles. The van der Waals surface area contributed by atoms with E-state index in [1.807, 2.05) is 34.5 Å². The van der Waals surface area contributed by atoms with Gasteiger partial charge in [0.15, 0.2) is 0 Å². The largest absolute Gasteiger partial charge is 0.325 e. The Bertz CT molecular complexity index is 456. The zero-order valence-electron chi connectivity index (χ0n) is 13.2. The van der Waals surface area contributed by atoms with Crippen LogP contribution >= 0.6 is 11.8 Å². The number of amides is 2. The molecule has 21 heavy (non-hydrogen) atoms. The predicted octanol–water partition coefficient (Wildman–Crippen LogP) is 3.60. The second-order valence-corrected chi connectivity index (χ2v) is 6.91. The first-order chi connectivity index (χ1) is 10.1. The van der Waals surface area contributed by atoms with Crippen LogP contribution in [-0.2, 0) is 0 Å². The summed E-state index contributed by atoms with van der Waals surface area (Å²) in [6, 6.07) is 2.50. The zero-order valence-corrected chi connectivity index (χ0v) is 14.0. The third-order valence-electron chi connectivity index (χ3n) is 4.09. The molecule has 0 saturated carbocycles. The van der Waals surface area contributed by atoms with Crippen LogP contribution in [0.4, 0.5) is 10.6 Å². The number of carbonyl (C=O) groups excluding carboxylic acids is 1. The summed E-state index contributed by atoms with van der Waals surface area (Å²) >= 11 is 1.97. The molecule has 0 bridgehead atoms. The highest BCUT2D eigenvalue weighted by Gasteiger charge is 2.23. The van der Waals surface area contributed by atoms with Crippen molar-refractivity contribution in [1.82, 2.24) is 14.7 Å². The van der Waals surface area contributed by atoms with Crippen LogP contribution < -0.4 is 5.32 Å². The lowest BCUT2D eigenvalue weighted by Gasteiger charge is -2.31. The SMILES string of the molecule is CCC[C@H](C)n1nccc1NC(=O)N(C)C1CCSCC1. The van der Waals surface area contributed by atoms with Crippen molar-refractivity contribution in [2.45, 2.75) is 51.6 Å². The quantitative estimate of drug-likeness (QED) is 0.904. The van der Waals surface area contributed by atoms with Gasteiger partial charge in [-0.2, -0.15) is 16.9 Å². The summed E-state index contributed by atoms with van der Waals surface area (Å²) in [5.74, 6) is 3.08. The molecule has 0 spiro atoms. The van der Waals surface area contributed by atoms with Gasteiger partial charge in [0.1, 0.15) is 5.82 Å². The van der Waals surface area contributed by atoms with Crippen LogP contribution in [0, 0.1) is 0 Å². The molecule has 2 rings (SSSR count). The zero-order chi connectivity index (χ0) is 15.2. The van der Waals surface area contributed by atoms with Crippen molar-refractivity contribution in [2.24, 2.45) is 0 Å². The normalized spacial score (nSPS) is 17.5. The highest BCUT2D eigenvalue weighted by Crippen LogP contribution is 2.22. The van der Waals surface area contributed by atoms with E-state index in [4.69, 9.17) is 0 Å². The van der Waals surface area contributed by atoms with Crippen molar-refractivity contribution in [1.29, 1.82) is 0 Å². The summed E-state index contributed by atoms with van der Waals surface area (Å²) in [7, 11) is 1.90. The number of nitrogens with zero attached hydrogens (tertiary/aromatic N) is 3. The molecule has 0 radical (unpaired) electrons. The number of rotatable bonds is 5. The summed E-state index contributed by atoms with van der Waals surface area (Å²) in [5.41, 5.74) is 0. The fourth-order valence-electron chi connectivity index (χ4n) is 2.74. The first-order valence-electron chi connectivity index (χ1n) is 7.78. The third-order valence-corrected chi connectivity index (χ3v) is 5.14. The van der Waals surface area contributed by atoms with Crippen LogP contribution in [0.3, 0.4) is 0 Å². The lowest BCUT2D eigenvalue weighted by molar-refractivity contribution is 0.200. The molecule has 1 fully saturated rings. The van der Waals surface area contributed by atoms with Gasteiger partial charge >= 0.3 is 6.03 Å². The minimum Gasteiger partial charge on any atom is -0.325 e. The number of anilines is 1. The average Bonchev–Trinajstić information content (AvgIpc) is 2.95. The van der Waals surface area contributed by atoms with Gasteiger partial charge in [0.2, 0.25) is 0 Å². The number of nitrogens with one attached hydrogen (secondary N) is 1. The van der Waals surface area contributed by atoms with Gasteiger partial charge in [-0.05, 0) is 37.7 Å². The van der Waals surface area contributed by atoms with E-state index in [1.165, 1.54) is 0 Å². The molecule has 0 aliphatic carbocycles. The van der Waals surface area contributed by atoms with Crippen molar-refractivity contribution in [3.8, 4) is 0 Å². The number of aromatic nitrogens is 2. The standard InChI is InChI=1S/C15H26N4OS/c1-4-5-12(2)19-14(6-9-16-19)17-15(20)18(3)13-7-10-21-11-8-13/h6,9,12-13H,4-5,7-8,10-11H2,1-3H3,(H,17,20)/t12-/m0/s1. The number of hydrogen-bond donors (Lipinski definition) is 1. The van der Waals surface area contributed by atoms with E-state index in [9.17, 15) is 4.79 Å². The van der Waals surface area contributed by atoms with Gasteiger partial charge in [-0.25, -0.2) is 9.48 Å². The first-order valence-corrected chi connectivity index (χ1v) is 8.94. The van der Waals surface area contributed by atoms with Gasteiger partial charge in [0, 0.05) is 19.2 Å². The molecule has 5 nitrogen and oxygen atoms in total. The Morgan fingerprint density at radius 2 is 2.29 bits per heavy atom. The minimum atomic E-state index is -0.0302. The van der Waals surface area contributed by atoms with E-state index in [0.29, 0.717) is 12.1 Å². The summed E-state index contributed by atoms with van der Waals surface area (Å²) in [6.45, 7) is 4.29. The van der Waals surface area contributed by atoms with Crippen LogP contribution in [0.5, 0.6) is 0 Å². The summed E-state index contributed by atoms with van der Waals surface area (Å²) in [5, 5.41) is 7.35. The van der Waals surface area contributed by atoms with Crippen LogP contribution in [0.15, 0.2) is 12.3 Å². The molecule has 1 N–H and O–H groups in total. The maximum Gasteiger partial charge on any atom is 0.322 e. The Morgan fingerprint density at radius 1 is 1.57 bits per heavy atom. The summed E-state index contributed by atoms with van der Waals surface area (Å²) in [4.78, 5) is 14.3. The molecule has 118 valence electrons. The molecular weight excluding hydrogens is 284 g/mol. The second kappa shape index (κ2) is 7.73. The molecule has 1 saturated heterocycles. The van der Waals surface area contributed by atoms with Crippen molar-refractivity contribution in [3.05, 3.63) is 12.3 Å². The fourth-order valence-corrected chi connectivity index (χ4v) is 3.82. The van der Waals surface area contributed by atoms with Crippen LogP contribution in [0.1, 0.15) is 45.6 Å². The van der Waals surface area contributed by atoms with Gasteiger partial charge in [-0.3, -0.25) is 5.32 Å². The average molecular weight is 310 g/mol. The van der Waals surface area contributed by atoms with E-state index in [-0.39, 0.29) is 6.03 Å². The second-order valence-electron chi connectivity index (χ2n) is 5.68. The number of hydrogen-bond acceptors (Lipinski definition) is 3. The van der Waals surface area contributed by atoms with Gasteiger partial charge in [-0.15, -0.1) is 0 Å². The number of thioether (sulfide) groups is 1. The van der Waals surface area contributed by atoms with Gasteiger partial charge in [0.25, 0.3) is 0 Å². The Labute approximate surface area is 131 Å². The molecule has 0 unspecified atom stereocenters. The van der Waals surface area contributed by atoms with Crippen molar-refractivity contribution in [2.75, 3.05) is 23.9 Å². The summed E-state index contributed by atoms with van der Waals surface area (Å²) in [6.07, 6.45) is 6.08. The molecule has 1 atom stereocenters. The molecule has 1 aromatic rings. The highest BCUT2D eigenvalue weighted by molar-refractivity contribution is 7.99. The minimum absolute atomic E-state index is 0.0302. The molecule has 1 aliphatic rings. The van der Waals surface area contributed by atoms with E-state index in [0.717, 1.165) is 43.0 Å². The Balaban J connectivity index is 1.97. The Kier molecular flexibility index (Phi) is 5.96. The topological polar surface area (TPSA) is 50.2 Å². The van der Waals surface area contributed by atoms with Gasteiger partial charge in [-0.1, -0.05) is 13.3 Å². The fraction of sp³-hybridized carbons (Fsp3) is 0.733. The Hall–Kier alpha value is -1.17. The van der Waals surface area contributed by atoms with Crippen molar-refractivity contribution < 1.29 is 4.79 Å². The van der Waals surface area contributed by atoms with Crippen LogP contribution in [0.2, 0.25) is 0 Å². The number of carbonyl (C=O) groups is 1. The number of urea groups is 1. The van der Waals surface area contributed by atoms with Gasteiger partial charge < -0.3 is 4.90 Å². The Morgan fingerprint density at radius 3 is 2.95 bits per heavy atom. The molecule has 1 aromatic heterocycles.